The number of rotatable bonds is 6. The van der Waals surface area contributed by atoms with E-state index in [1.54, 1.807) is 0 Å². The third-order valence-corrected chi connectivity index (χ3v) is 7.85. The molecule has 0 spiro atoms. The molecule has 6 rings (SSSR count). The Morgan fingerprint density at radius 1 is 1.00 bits per heavy atom. The van der Waals surface area contributed by atoms with E-state index >= 15 is 0 Å². The van der Waals surface area contributed by atoms with E-state index in [1.165, 1.54) is 0 Å². The second kappa shape index (κ2) is 9.42. The highest BCUT2D eigenvalue weighted by molar-refractivity contribution is 5.74. The SMILES string of the molecule is CCC(c1nc2c(c(=O)n1Cc1ccccc1)CCC2)N1CCC(c2nc3ccccc3[nH]2)CC1. The van der Waals surface area contributed by atoms with Crippen LogP contribution in [0.4, 0.5) is 0 Å². The lowest BCUT2D eigenvalue weighted by atomic mass is 9.94. The molecule has 2 aliphatic rings. The van der Waals surface area contributed by atoms with Gasteiger partial charge in [-0.2, -0.15) is 0 Å². The van der Waals surface area contributed by atoms with Crippen molar-refractivity contribution >= 4 is 11.0 Å². The predicted octanol–water partition coefficient (Wildman–Crippen LogP) is 4.99. The quantitative estimate of drug-likeness (QED) is 0.434. The van der Waals surface area contributed by atoms with E-state index in [9.17, 15) is 4.79 Å². The van der Waals surface area contributed by atoms with E-state index in [0.29, 0.717) is 12.5 Å². The maximum Gasteiger partial charge on any atom is 0.257 e. The lowest BCUT2D eigenvalue weighted by Gasteiger charge is -2.37. The Bertz CT molecular complexity index is 1350. The summed E-state index contributed by atoms with van der Waals surface area (Å²) >= 11 is 0. The maximum atomic E-state index is 13.6. The van der Waals surface area contributed by atoms with Gasteiger partial charge in [-0.05, 0) is 69.3 Å². The molecule has 1 saturated heterocycles. The smallest absolute Gasteiger partial charge is 0.257 e. The summed E-state index contributed by atoms with van der Waals surface area (Å²) < 4.78 is 1.97. The molecule has 2 aromatic carbocycles. The molecular formula is C29H33N5O. The number of likely N-dealkylation sites (tertiary alicyclic amines) is 1. The standard InChI is InChI=1S/C29H33N5O/c1-2-26(33-17-15-21(16-18-33)27-30-24-12-6-7-13-25(24)31-27)28-32-23-14-8-11-22(23)29(35)34(28)19-20-9-4-3-5-10-20/h3-7,9-10,12-13,21,26H,2,8,11,14-19H2,1H3,(H,30,31). The number of H-pyrrole nitrogens is 1. The molecule has 180 valence electrons. The maximum absolute atomic E-state index is 13.6. The second-order valence-corrected chi connectivity index (χ2v) is 10.00. The van der Waals surface area contributed by atoms with Crippen LogP contribution in [-0.2, 0) is 19.4 Å². The molecule has 2 aromatic heterocycles. The molecule has 1 atom stereocenters. The van der Waals surface area contributed by atoms with E-state index in [-0.39, 0.29) is 11.6 Å². The molecule has 1 aliphatic heterocycles. The average molecular weight is 468 g/mol. The molecule has 0 amide bonds. The molecule has 1 fully saturated rings. The highest BCUT2D eigenvalue weighted by Gasteiger charge is 2.31. The van der Waals surface area contributed by atoms with Crippen molar-refractivity contribution in [3.8, 4) is 0 Å². The van der Waals surface area contributed by atoms with Gasteiger partial charge in [0.05, 0.1) is 29.3 Å². The Labute approximate surface area is 206 Å². The van der Waals surface area contributed by atoms with Gasteiger partial charge in [-0.1, -0.05) is 49.4 Å². The first-order valence-corrected chi connectivity index (χ1v) is 13.1. The fourth-order valence-corrected chi connectivity index (χ4v) is 5.97. The summed E-state index contributed by atoms with van der Waals surface area (Å²) in [4.78, 5) is 29.7. The molecule has 0 saturated carbocycles. The lowest BCUT2D eigenvalue weighted by Crippen LogP contribution is -2.40. The Kier molecular flexibility index (Phi) is 5.98. The molecule has 1 N–H and O–H groups in total. The summed E-state index contributed by atoms with van der Waals surface area (Å²) in [5.41, 5.74) is 5.44. The van der Waals surface area contributed by atoms with Crippen LogP contribution < -0.4 is 5.56 Å². The highest BCUT2D eigenvalue weighted by atomic mass is 16.1. The van der Waals surface area contributed by atoms with Crippen LogP contribution in [0, 0.1) is 0 Å². The van der Waals surface area contributed by atoms with E-state index in [0.717, 1.165) is 91.1 Å². The molecule has 4 aromatic rings. The van der Waals surface area contributed by atoms with Gasteiger partial charge in [0, 0.05) is 11.5 Å². The number of hydrogen-bond acceptors (Lipinski definition) is 4. The fraction of sp³-hybridized carbons (Fsp3) is 0.414. The molecular weight excluding hydrogens is 434 g/mol. The number of benzene rings is 2. The van der Waals surface area contributed by atoms with Crippen LogP contribution in [0.15, 0.2) is 59.4 Å². The van der Waals surface area contributed by atoms with Gasteiger partial charge in [0.25, 0.3) is 5.56 Å². The summed E-state index contributed by atoms with van der Waals surface area (Å²) in [6.45, 7) is 4.78. The predicted molar refractivity (Wildman–Crippen MR) is 139 cm³/mol. The van der Waals surface area contributed by atoms with Crippen LogP contribution in [0.2, 0.25) is 0 Å². The minimum absolute atomic E-state index is 0.147. The third-order valence-electron chi connectivity index (χ3n) is 7.85. The molecule has 0 radical (unpaired) electrons. The van der Waals surface area contributed by atoms with Crippen LogP contribution in [0.3, 0.4) is 0 Å². The number of aromatic amines is 1. The molecule has 1 aliphatic carbocycles. The van der Waals surface area contributed by atoms with Crippen molar-refractivity contribution in [1.82, 2.24) is 24.4 Å². The van der Waals surface area contributed by atoms with Crippen molar-refractivity contribution in [2.24, 2.45) is 0 Å². The van der Waals surface area contributed by atoms with Crippen molar-refractivity contribution in [2.75, 3.05) is 13.1 Å². The van der Waals surface area contributed by atoms with Gasteiger partial charge in [0.2, 0.25) is 0 Å². The largest absolute Gasteiger partial charge is 0.342 e. The van der Waals surface area contributed by atoms with Crippen LogP contribution in [-0.4, -0.2) is 37.5 Å². The van der Waals surface area contributed by atoms with Crippen LogP contribution >= 0.6 is 0 Å². The molecule has 6 heteroatoms. The number of imidazole rings is 1. The van der Waals surface area contributed by atoms with Crippen molar-refractivity contribution in [2.45, 2.75) is 64.0 Å². The van der Waals surface area contributed by atoms with Gasteiger partial charge in [-0.3, -0.25) is 14.3 Å². The van der Waals surface area contributed by atoms with E-state index < -0.39 is 0 Å². The summed E-state index contributed by atoms with van der Waals surface area (Å²) in [6, 6.07) is 18.7. The Hall–Kier alpha value is -3.25. The Morgan fingerprint density at radius 2 is 1.77 bits per heavy atom. The summed E-state index contributed by atoms with van der Waals surface area (Å²) in [5.74, 6) is 2.50. The third kappa shape index (κ3) is 4.20. The van der Waals surface area contributed by atoms with Crippen molar-refractivity contribution < 1.29 is 0 Å². The highest BCUT2D eigenvalue weighted by Crippen LogP contribution is 2.33. The van der Waals surface area contributed by atoms with E-state index in [2.05, 4.69) is 47.1 Å². The zero-order valence-corrected chi connectivity index (χ0v) is 20.4. The minimum Gasteiger partial charge on any atom is -0.342 e. The Morgan fingerprint density at radius 3 is 2.54 bits per heavy atom. The Balaban J connectivity index is 1.28. The van der Waals surface area contributed by atoms with Crippen molar-refractivity contribution in [3.63, 3.8) is 0 Å². The van der Waals surface area contributed by atoms with Crippen molar-refractivity contribution in [3.05, 3.63) is 93.4 Å². The summed E-state index contributed by atoms with van der Waals surface area (Å²) in [5, 5.41) is 0. The normalized spacial score (nSPS) is 17.6. The van der Waals surface area contributed by atoms with E-state index in [4.69, 9.17) is 9.97 Å². The lowest BCUT2D eigenvalue weighted by molar-refractivity contribution is 0.137. The molecule has 3 heterocycles. The van der Waals surface area contributed by atoms with Gasteiger partial charge in [0.15, 0.2) is 0 Å². The average Bonchev–Trinajstić information content (AvgIpc) is 3.55. The molecule has 6 nitrogen and oxygen atoms in total. The second-order valence-electron chi connectivity index (χ2n) is 10.00. The number of aryl methyl sites for hydroxylation is 1. The number of para-hydroxylation sites is 2. The number of nitrogens with one attached hydrogen (secondary N) is 1. The number of fused-ring (bicyclic) bond motifs is 2. The molecule has 1 unspecified atom stereocenters. The van der Waals surface area contributed by atoms with Crippen molar-refractivity contribution in [1.29, 1.82) is 0 Å². The summed E-state index contributed by atoms with van der Waals surface area (Å²) in [7, 11) is 0. The zero-order chi connectivity index (χ0) is 23.8. The van der Waals surface area contributed by atoms with Gasteiger partial charge in [-0.25, -0.2) is 9.97 Å². The first kappa shape index (κ1) is 22.2. The molecule has 35 heavy (non-hydrogen) atoms. The number of aromatic nitrogens is 4. The zero-order valence-electron chi connectivity index (χ0n) is 20.4. The summed E-state index contributed by atoms with van der Waals surface area (Å²) in [6.07, 6.45) is 5.87. The fourth-order valence-electron chi connectivity index (χ4n) is 5.97. The van der Waals surface area contributed by atoms with E-state index in [1.807, 2.05) is 28.8 Å². The number of piperidine rings is 1. The van der Waals surface area contributed by atoms with Crippen LogP contribution in [0.5, 0.6) is 0 Å². The molecule has 0 bridgehead atoms. The van der Waals surface area contributed by atoms with Gasteiger partial charge >= 0.3 is 0 Å². The number of nitrogens with zero attached hydrogens (tertiary/aromatic N) is 4. The van der Waals surface area contributed by atoms with Gasteiger partial charge in [0.1, 0.15) is 11.6 Å². The van der Waals surface area contributed by atoms with Gasteiger partial charge in [-0.15, -0.1) is 0 Å². The van der Waals surface area contributed by atoms with Crippen LogP contribution in [0.25, 0.3) is 11.0 Å². The first-order chi connectivity index (χ1) is 17.2. The topological polar surface area (TPSA) is 66.8 Å². The monoisotopic (exact) mass is 467 g/mol. The number of hydrogen-bond donors (Lipinski definition) is 1. The minimum atomic E-state index is 0.147. The van der Waals surface area contributed by atoms with Gasteiger partial charge < -0.3 is 4.98 Å². The van der Waals surface area contributed by atoms with Crippen LogP contribution in [0.1, 0.15) is 73.0 Å². The first-order valence-electron chi connectivity index (χ1n) is 13.1.